The van der Waals surface area contributed by atoms with Crippen molar-refractivity contribution in [2.75, 3.05) is 13.2 Å². The van der Waals surface area contributed by atoms with Crippen molar-refractivity contribution in [2.24, 2.45) is 17.1 Å². The summed E-state index contributed by atoms with van der Waals surface area (Å²) in [6, 6.07) is 0. The Hall–Kier alpha value is -0.570. The van der Waals surface area contributed by atoms with Gasteiger partial charge >= 0.3 is 5.97 Å². The minimum atomic E-state index is -0.544. The van der Waals surface area contributed by atoms with E-state index in [1.54, 1.807) is 13.8 Å². The van der Waals surface area contributed by atoms with Crippen molar-refractivity contribution < 1.29 is 9.53 Å². The number of carbonyl (C=O) groups is 1. The van der Waals surface area contributed by atoms with E-state index < -0.39 is 5.41 Å². The van der Waals surface area contributed by atoms with Crippen molar-refractivity contribution >= 4 is 5.97 Å². The Labute approximate surface area is 87.0 Å². The van der Waals surface area contributed by atoms with Gasteiger partial charge in [0.05, 0.1) is 12.0 Å². The van der Waals surface area contributed by atoms with E-state index in [0.717, 1.165) is 12.8 Å². The zero-order valence-corrected chi connectivity index (χ0v) is 9.80. The van der Waals surface area contributed by atoms with Crippen LogP contribution in [0.3, 0.4) is 0 Å². The summed E-state index contributed by atoms with van der Waals surface area (Å²) in [6.45, 7) is 8.77. The number of ether oxygens (including phenoxy) is 1. The molecular weight excluding hydrogens is 178 g/mol. The average molecular weight is 201 g/mol. The molecule has 0 aromatic rings. The lowest BCUT2D eigenvalue weighted by molar-refractivity contribution is -0.153. The zero-order valence-electron chi connectivity index (χ0n) is 9.80. The molecule has 0 aromatic heterocycles. The Morgan fingerprint density at radius 1 is 1.43 bits per heavy atom. The van der Waals surface area contributed by atoms with Crippen LogP contribution in [0.5, 0.6) is 0 Å². The Morgan fingerprint density at radius 2 is 2.00 bits per heavy atom. The fourth-order valence-electron chi connectivity index (χ4n) is 0.935. The van der Waals surface area contributed by atoms with Crippen LogP contribution in [0.1, 0.15) is 40.5 Å². The molecule has 2 N–H and O–H groups in total. The topological polar surface area (TPSA) is 52.3 Å². The Balaban J connectivity index is 3.64. The van der Waals surface area contributed by atoms with Crippen molar-refractivity contribution in [2.45, 2.75) is 40.5 Å². The first kappa shape index (κ1) is 13.4. The quantitative estimate of drug-likeness (QED) is 0.528. The van der Waals surface area contributed by atoms with Gasteiger partial charge < -0.3 is 10.5 Å². The lowest BCUT2D eigenvalue weighted by Gasteiger charge is -2.20. The van der Waals surface area contributed by atoms with Gasteiger partial charge in [0.25, 0.3) is 0 Å². The van der Waals surface area contributed by atoms with Crippen LogP contribution in [-0.2, 0) is 9.53 Å². The molecule has 0 saturated heterocycles. The van der Waals surface area contributed by atoms with E-state index in [1.165, 1.54) is 0 Å². The minimum absolute atomic E-state index is 0.191. The maximum Gasteiger partial charge on any atom is 0.312 e. The van der Waals surface area contributed by atoms with E-state index in [0.29, 0.717) is 19.1 Å². The predicted octanol–water partition coefficient (Wildman–Crippen LogP) is 1.95. The molecule has 0 unspecified atom stereocenters. The maximum absolute atomic E-state index is 11.4. The van der Waals surface area contributed by atoms with Gasteiger partial charge in [0.2, 0.25) is 0 Å². The van der Waals surface area contributed by atoms with Gasteiger partial charge in [0.15, 0.2) is 0 Å². The van der Waals surface area contributed by atoms with Crippen LogP contribution in [0, 0.1) is 11.3 Å². The summed E-state index contributed by atoms with van der Waals surface area (Å²) in [5.74, 6) is 0.472. The summed E-state index contributed by atoms with van der Waals surface area (Å²) in [5.41, 5.74) is 4.92. The number of carbonyl (C=O) groups excluding carboxylic acids is 1. The molecule has 0 bridgehead atoms. The summed E-state index contributed by atoms with van der Waals surface area (Å²) >= 11 is 0. The van der Waals surface area contributed by atoms with Gasteiger partial charge in [-0.1, -0.05) is 13.8 Å². The largest absolute Gasteiger partial charge is 0.465 e. The summed E-state index contributed by atoms with van der Waals surface area (Å²) in [4.78, 5) is 11.4. The van der Waals surface area contributed by atoms with Crippen LogP contribution < -0.4 is 5.73 Å². The van der Waals surface area contributed by atoms with Crippen LogP contribution in [0.15, 0.2) is 0 Å². The normalized spacial score (nSPS) is 11.9. The number of hydrogen-bond acceptors (Lipinski definition) is 3. The summed E-state index contributed by atoms with van der Waals surface area (Å²) in [7, 11) is 0. The molecule has 3 nitrogen and oxygen atoms in total. The first-order chi connectivity index (χ1) is 6.40. The molecule has 0 saturated carbocycles. The molecular formula is C11H23NO2. The number of esters is 1. The van der Waals surface area contributed by atoms with Crippen molar-refractivity contribution in [1.29, 1.82) is 0 Å². The maximum atomic E-state index is 11.4. The van der Waals surface area contributed by atoms with E-state index in [-0.39, 0.29) is 5.97 Å². The highest BCUT2D eigenvalue weighted by Gasteiger charge is 2.27. The van der Waals surface area contributed by atoms with Gasteiger partial charge in [-0.2, -0.15) is 0 Å². The highest BCUT2D eigenvalue weighted by Crippen LogP contribution is 2.15. The third kappa shape index (κ3) is 5.22. The Bertz CT molecular complexity index is 176. The molecule has 84 valence electrons. The molecule has 0 aliphatic heterocycles. The molecule has 0 spiro atoms. The molecule has 0 heterocycles. The zero-order chi connectivity index (χ0) is 11.2. The van der Waals surface area contributed by atoms with Gasteiger partial charge in [0.1, 0.15) is 0 Å². The number of nitrogens with two attached hydrogens (primary N) is 1. The van der Waals surface area contributed by atoms with Crippen LogP contribution in [-0.4, -0.2) is 19.1 Å². The molecule has 0 aliphatic carbocycles. The third-order valence-corrected chi connectivity index (χ3v) is 2.22. The summed E-state index contributed by atoms with van der Waals surface area (Å²) in [5, 5.41) is 0. The van der Waals surface area contributed by atoms with Crippen molar-refractivity contribution in [1.82, 2.24) is 0 Å². The SMILES string of the molecule is CC(C)CCCOC(=O)C(C)(C)CN. The van der Waals surface area contributed by atoms with E-state index in [9.17, 15) is 4.79 Å². The highest BCUT2D eigenvalue weighted by molar-refractivity contribution is 5.76. The summed E-state index contributed by atoms with van der Waals surface area (Å²) < 4.78 is 5.13. The van der Waals surface area contributed by atoms with Crippen molar-refractivity contribution in [3.63, 3.8) is 0 Å². The monoisotopic (exact) mass is 201 g/mol. The average Bonchev–Trinajstić information content (AvgIpc) is 2.11. The molecule has 0 aliphatic rings. The van der Waals surface area contributed by atoms with E-state index in [2.05, 4.69) is 13.8 Å². The molecule has 3 heteroatoms. The second-order valence-electron chi connectivity index (χ2n) is 4.76. The van der Waals surface area contributed by atoms with Gasteiger partial charge in [-0.3, -0.25) is 4.79 Å². The van der Waals surface area contributed by atoms with Gasteiger partial charge in [0, 0.05) is 6.54 Å². The molecule has 0 fully saturated rings. The lowest BCUT2D eigenvalue weighted by atomic mass is 9.94. The molecule has 0 atom stereocenters. The number of hydrogen-bond donors (Lipinski definition) is 1. The van der Waals surface area contributed by atoms with Gasteiger partial charge in [-0.15, -0.1) is 0 Å². The van der Waals surface area contributed by atoms with Crippen LogP contribution in [0.2, 0.25) is 0 Å². The highest BCUT2D eigenvalue weighted by atomic mass is 16.5. The Morgan fingerprint density at radius 3 is 2.43 bits per heavy atom. The Kier molecular flexibility index (Phi) is 5.77. The fraction of sp³-hybridized carbons (Fsp3) is 0.909. The molecule has 0 aromatic carbocycles. The van der Waals surface area contributed by atoms with E-state index in [1.807, 2.05) is 0 Å². The molecule has 0 rings (SSSR count). The van der Waals surface area contributed by atoms with Crippen LogP contribution in [0.4, 0.5) is 0 Å². The smallest absolute Gasteiger partial charge is 0.312 e. The lowest BCUT2D eigenvalue weighted by Crippen LogP contribution is -2.34. The second kappa shape index (κ2) is 6.02. The van der Waals surface area contributed by atoms with Gasteiger partial charge in [-0.25, -0.2) is 0 Å². The van der Waals surface area contributed by atoms with E-state index >= 15 is 0 Å². The van der Waals surface area contributed by atoms with Gasteiger partial charge in [-0.05, 0) is 32.6 Å². The molecule has 14 heavy (non-hydrogen) atoms. The van der Waals surface area contributed by atoms with Crippen molar-refractivity contribution in [3.05, 3.63) is 0 Å². The van der Waals surface area contributed by atoms with Crippen molar-refractivity contribution in [3.8, 4) is 0 Å². The first-order valence-electron chi connectivity index (χ1n) is 5.27. The molecule has 0 amide bonds. The second-order valence-corrected chi connectivity index (χ2v) is 4.76. The van der Waals surface area contributed by atoms with E-state index in [4.69, 9.17) is 10.5 Å². The third-order valence-electron chi connectivity index (χ3n) is 2.22. The van der Waals surface area contributed by atoms with Crippen LogP contribution >= 0.6 is 0 Å². The minimum Gasteiger partial charge on any atom is -0.465 e. The first-order valence-corrected chi connectivity index (χ1v) is 5.27. The predicted molar refractivity (Wildman–Crippen MR) is 57.9 cm³/mol. The van der Waals surface area contributed by atoms with Crippen LogP contribution in [0.25, 0.3) is 0 Å². The molecule has 0 radical (unpaired) electrons. The summed E-state index contributed by atoms with van der Waals surface area (Å²) in [6.07, 6.45) is 2.03. The number of rotatable bonds is 6. The fourth-order valence-corrected chi connectivity index (χ4v) is 0.935. The standard InChI is InChI=1S/C11H23NO2/c1-9(2)6-5-7-14-10(13)11(3,4)8-12/h9H,5-8,12H2,1-4H3.